The van der Waals surface area contributed by atoms with E-state index in [0.717, 1.165) is 0 Å². The maximum atomic E-state index is 8.81. The van der Waals surface area contributed by atoms with Gasteiger partial charge in [-0.1, -0.05) is 0 Å². The number of ether oxygens (including phenoxy) is 1. The van der Waals surface area contributed by atoms with E-state index in [1.807, 2.05) is 0 Å². The molecule has 4 N–H and O–H groups in total. The molecule has 0 unspecified atom stereocenters. The minimum Gasteiger partial charge on any atom is -0.395 e. The molecule has 0 aliphatic heterocycles. The highest BCUT2D eigenvalue weighted by Crippen LogP contribution is 1.90. The van der Waals surface area contributed by atoms with Gasteiger partial charge in [-0.3, -0.25) is 0 Å². The summed E-state index contributed by atoms with van der Waals surface area (Å²) >= 11 is 0. The molecule has 0 fully saturated rings. The van der Waals surface area contributed by atoms with Crippen molar-refractivity contribution in [1.29, 1.82) is 0 Å². The van der Waals surface area contributed by atoms with Gasteiger partial charge in [0.2, 0.25) is 0 Å². The molecular weight excluding hydrogens is 146 g/mol. The number of nitrogens with two attached hydrogens (primary N) is 1. The normalized spacial score (nSPS) is 16.4. The number of aliphatic hydroxyl groups excluding tert-OH is 2. The number of rotatable bonds is 6. The molecule has 0 aliphatic rings. The van der Waals surface area contributed by atoms with Gasteiger partial charge >= 0.3 is 0 Å². The summed E-state index contributed by atoms with van der Waals surface area (Å²) in [7, 11) is 0. The molecule has 0 saturated carbocycles. The van der Waals surface area contributed by atoms with Crippen LogP contribution in [0.25, 0.3) is 0 Å². The van der Waals surface area contributed by atoms with Crippen LogP contribution >= 0.6 is 0 Å². The van der Waals surface area contributed by atoms with E-state index in [9.17, 15) is 0 Å². The fourth-order valence-corrected chi connectivity index (χ4v) is 0.541. The van der Waals surface area contributed by atoms with Gasteiger partial charge in [0.05, 0.1) is 25.4 Å². The van der Waals surface area contributed by atoms with Crippen molar-refractivity contribution in [3.05, 3.63) is 0 Å². The first-order valence-corrected chi connectivity index (χ1v) is 3.79. The van der Waals surface area contributed by atoms with Gasteiger partial charge in [0, 0.05) is 6.61 Å². The van der Waals surface area contributed by atoms with E-state index in [0.29, 0.717) is 19.6 Å². The van der Waals surface area contributed by atoms with Crippen LogP contribution in [0.2, 0.25) is 0 Å². The van der Waals surface area contributed by atoms with Gasteiger partial charge in [0.25, 0.3) is 0 Å². The predicted molar refractivity (Wildman–Crippen MR) is 42.2 cm³/mol. The summed E-state index contributed by atoms with van der Waals surface area (Å²) in [6.07, 6.45) is 0.276. The van der Waals surface area contributed by atoms with E-state index in [1.54, 1.807) is 6.92 Å². The minimum atomic E-state index is -0.333. The molecule has 4 heteroatoms. The first-order chi connectivity index (χ1) is 5.16. The van der Waals surface area contributed by atoms with Crippen molar-refractivity contribution in [2.45, 2.75) is 25.5 Å². The third-order valence-electron chi connectivity index (χ3n) is 1.25. The molecule has 0 aromatic rings. The van der Waals surface area contributed by atoms with Crippen LogP contribution in [0.4, 0.5) is 0 Å². The summed E-state index contributed by atoms with van der Waals surface area (Å²) in [4.78, 5) is 0. The molecule has 11 heavy (non-hydrogen) atoms. The van der Waals surface area contributed by atoms with Gasteiger partial charge in [-0.15, -0.1) is 0 Å². The van der Waals surface area contributed by atoms with Crippen LogP contribution in [0.1, 0.15) is 13.3 Å². The number of hydrogen-bond acceptors (Lipinski definition) is 4. The van der Waals surface area contributed by atoms with Gasteiger partial charge in [0.1, 0.15) is 0 Å². The molecule has 0 radical (unpaired) electrons. The van der Waals surface area contributed by atoms with Crippen molar-refractivity contribution in [2.24, 2.45) is 5.73 Å². The van der Waals surface area contributed by atoms with Gasteiger partial charge in [-0.25, -0.2) is 0 Å². The summed E-state index contributed by atoms with van der Waals surface area (Å²) in [6, 6.07) is -0.302. The molecule has 0 saturated heterocycles. The molecular formula is C7H17NO3. The molecule has 0 aromatic carbocycles. The molecule has 0 bridgehead atoms. The van der Waals surface area contributed by atoms with Gasteiger partial charge in [-0.2, -0.15) is 0 Å². The van der Waals surface area contributed by atoms with E-state index in [2.05, 4.69) is 0 Å². The molecule has 0 spiro atoms. The molecule has 4 nitrogen and oxygen atoms in total. The SMILES string of the molecule is C[C@@H](O)CCOC[C@H](N)CO. The van der Waals surface area contributed by atoms with Crippen molar-refractivity contribution in [1.82, 2.24) is 0 Å². The second-order valence-electron chi connectivity index (χ2n) is 2.66. The lowest BCUT2D eigenvalue weighted by Gasteiger charge is -2.09. The average Bonchev–Trinajstić information content (AvgIpc) is 1.97. The van der Waals surface area contributed by atoms with E-state index in [-0.39, 0.29) is 18.8 Å². The van der Waals surface area contributed by atoms with Gasteiger partial charge < -0.3 is 20.7 Å². The fraction of sp³-hybridized carbons (Fsp3) is 1.00. The highest BCUT2D eigenvalue weighted by molar-refractivity contribution is 4.56. The lowest BCUT2D eigenvalue weighted by Crippen LogP contribution is -2.30. The monoisotopic (exact) mass is 163 g/mol. The van der Waals surface area contributed by atoms with Crippen LogP contribution in [0.15, 0.2) is 0 Å². The topological polar surface area (TPSA) is 75.7 Å². The number of hydrogen-bond donors (Lipinski definition) is 3. The van der Waals surface area contributed by atoms with Crippen LogP contribution in [-0.2, 0) is 4.74 Å². The Bertz CT molecular complexity index is 87.8. The maximum absolute atomic E-state index is 8.81. The Balaban J connectivity index is 3.01. The molecule has 0 aliphatic carbocycles. The van der Waals surface area contributed by atoms with Crippen molar-refractivity contribution in [2.75, 3.05) is 19.8 Å². The minimum absolute atomic E-state index is 0.0608. The molecule has 68 valence electrons. The molecule has 0 aromatic heterocycles. The second kappa shape index (κ2) is 6.54. The van der Waals surface area contributed by atoms with E-state index < -0.39 is 0 Å². The van der Waals surface area contributed by atoms with Crippen molar-refractivity contribution < 1.29 is 14.9 Å². The third-order valence-corrected chi connectivity index (χ3v) is 1.25. The Hall–Kier alpha value is -0.160. The van der Waals surface area contributed by atoms with Crippen molar-refractivity contribution >= 4 is 0 Å². The lowest BCUT2D eigenvalue weighted by atomic mass is 10.3. The fourth-order valence-electron chi connectivity index (χ4n) is 0.541. The second-order valence-corrected chi connectivity index (χ2v) is 2.66. The van der Waals surface area contributed by atoms with E-state index >= 15 is 0 Å². The molecule has 2 atom stereocenters. The standard InChI is InChI=1S/C7H17NO3/c1-6(10)2-3-11-5-7(8)4-9/h6-7,9-10H,2-5,8H2,1H3/t6-,7-/m1/s1. The summed E-state index contributed by atoms with van der Waals surface area (Å²) < 4.78 is 5.05. The molecule has 0 amide bonds. The maximum Gasteiger partial charge on any atom is 0.0639 e. The largest absolute Gasteiger partial charge is 0.395 e. The lowest BCUT2D eigenvalue weighted by molar-refractivity contribution is 0.0712. The average molecular weight is 163 g/mol. The van der Waals surface area contributed by atoms with Gasteiger partial charge in [-0.05, 0) is 13.3 Å². The highest BCUT2D eigenvalue weighted by Gasteiger charge is 2.00. The zero-order valence-corrected chi connectivity index (χ0v) is 6.86. The smallest absolute Gasteiger partial charge is 0.0639 e. The van der Waals surface area contributed by atoms with Crippen LogP contribution in [0, 0.1) is 0 Å². The van der Waals surface area contributed by atoms with Crippen molar-refractivity contribution in [3.63, 3.8) is 0 Å². The first kappa shape index (κ1) is 10.8. The Kier molecular flexibility index (Phi) is 6.45. The first-order valence-electron chi connectivity index (χ1n) is 3.79. The van der Waals surface area contributed by atoms with Gasteiger partial charge in [0.15, 0.2) is 0 Å². The summed E-state index contributed by atoms with van der Waals surface area (Å²) in [5, 5.41) is 17.3. The number of aliphatic hydroxyl groups is 2. The Labute approximate surface area is 67.0 Å². The van der Waals surface area contributed by atoms with Crippen LogP contribution in [-0.4, -0.2) is 42.2 Å². The van der Waals surface area contributed by atoms with Crippen molar-refractivity contribution in [3.8, 4) is 0 Å². The zero-order valence-electron chi connectivity index (χ0n) is 6.86. The molecule has 0 heterocycles. The Morgan fingerprint density at radius 1 is 1.55 bits per heavy atom. The summed E-state index contributed by atoms with van der Waals surface area (Å²) in [5.74, 6) is 0. The summed E-state index contributed by atoms with van der Waals surface area (Å²) in [5.41, 5.74) is 5.35. The quantitative estimate of drug-likeness (QED) is 0.443. The van der Waals surface area contributed by atoms with E-state index in [1.165, 1.54) is 0 Å². The third kappa shape index (κ3) is 7.74. The summed E-state index contributed by atoms with van der Waals surface area (Å²) in [6.45, 7) is 2.48. The molecule has 0 rings (SSSR count). The predicted octanol–water partition coefficient (Wildman–Crippen LogP) is -0.906. The van der Waals surface area contributed by atoms with Crippen LogP contribution < -0.4 is 5.73 Å². The van der Waals surface area contributed by atoms with Crippen LogP contribution in [0.5, 0.6) is 0 Å². The Morgan fingerprint density at radius 3 is 2.64 bits per heavy atom. The zero-order chi connectivity index (χ0) is 8.69. The Morgan fingerprint density at radius 2 is 2.18 bits per heavy atom. The van der Waals surface area contributed by atoms with Crippen LogP contribution in [0.3, 0.4) is 0 Å². The highest BCUT2D eigenvalue weighted by atomic mass is 16.5. The van der Waals surface area contributed by atoms with E-state index in [4.69, 9.17) is 20.7 Å².